The van der Waals surface area contributed by atoms with Gasteiger partial charge in [0.15, 0.2) is 0 Å². The van der Waals surface area contributed by atoms with Gasteiger partial charge in [-0.1, -0.05) is 13.8 Å². The minimum absolute atomic E-state index is 0.0598. The number of anilines is 1. The molecule has 170 valence electrons. The normalized spacial score (nSPS) is 22.7. The molecule has 3 saturated heterocycles. The van der Waals surface area contributed by atoms with Crippen molar-refractivity contribution in [2.45, 2.75) is 33.2 Å². The van der Waals surface area contributed by atoms with Crippen LogP contribution in [0.4, 0.5) is 10.5 Å². The van der Waals surface area contributed by atoms with Gasteiger partial charge in [-0.15, -0.1) is 0 Å². The van der Waals surface area contributed by atoms with Crippen LogP contribution in [0.15, 0.2) is 29.3 Å². The van der Waals surface area contributed by atoms with Crippen LogP contribution >= 0.6 is 0 Å². The van der Waals surface area contributed by atoms with Crippen molar-refractivity contribution in [1.82, 2.24) is 10.2 Å². The average molecular weight is 432 g/mol. The van der Waals surface area contributed by atoms with Crippen molar-refractivity contribution < 1.29 is 19.4 Å². The number of ether oxygens (including phenoxy) is 1. The van der Waals surface area contributed by atoms with E-state index in [1.807, 2.05) is 24.0 Å². The van der Waals surface area contributed by atoms with Gasteiger partial charge in [-0.3, -0.25) is 9.79 Å². The number of carbonyl (C=O) groups is 2. The molecule has 2 amide bonds. The Balaban J connectivity index is 1.72. The molecular formula is C22H33N5O4. The van der Waals surface area contributed by atoms with Gasteiger partial charge in [-0.05, 0) is 48.9 Å². The summed E-state index contributed by atoms with van der Waals surface area (Å²) < 4.78 is 5.57. The number of amidine groups is 1. The van der Waals surface area contributed by atoms with Gasteiger partial charge in [-0.25, -0.2) is 4.79 Å². The number of carbonyl (C=O) groups excluding carboxylic acids is 1. The lowest BCUT2D eigenvalue weighted by Crippen LogP contribution is -2.54. The quantitative estimate of drug-likeness (QED) is 0.447. The van der Waals surface area contributed by atoms with E-state index < -0.39 is 6.09 Å². The number of aliphatic imine (C=N–C) groups is 1. The zero-order chi connectivity index (χ0) is 22.6. The molecule has 1 aromatic carbocycles. The molecule has 3 heterocycles. The third kappa shape index (κ3) is 5.59. The molecule has 3 aliphatic rings. The standard InChI is InChI=1S/C22H33N5O4/c1-4-31-17-7-5-16(6-8-17)27-13-15-9-22(2,3)18(27)14-26(12-15)20(28)11-24-19(23)10-25-21(29)30/h5-8,15,18,25H,4,9-14H2,1-3H3,(H2,23,24)(H,29,30)/t15-,18-/m1/s1. The molecule has 3 aliphatic heterocycles. The molecule has 4 N–H and O–H groups in total. The Morgan fingerprint density at radius 1 is 1.26 bits per heavy atom. The molecule has 3 fully saturated rings. The third-order valence-electron chi connectivity index (χ3n) is 6.09. The molecular weight excluding hydrogens is 398 g/mol. The van der Waals surface area contributed by atoms with Crippen LogP contribution in [-0.2, 0) is 4.79 Å². The molecule has 9 nitrogen and oxygen atoms in total. The number of carboxylic acid groups (broad SMARTS) is 1. The first-order valence-corrected chi connectivity index (χ1v) is 10.7. The summed E-state index contributed by atoms with van der Waals surface area (Å²) in [5, 5.41) is 10.8. The zero-order valence-electron chi connectivity index (χ0n) is 18.5. The van der Waals surface area contributed by atoms with E-state index in [9.17, 15) is 9.59 Å². The first-order chi connectivity index (χ1) is 14.7. The molecule has 2 bridgehead atoms. The summed E-state index contributed by atoms with van der Waals surface area (Å²) in [6.45, 7) is 9.20. The van der Waals surface area contributed by atoms with Gasteiger partial charge in [0.05, 0.1) is 19.2 Å². The Labute approximate surface area is 183 Å². The number of benzene rings is 1. The topological polar surface area (TPSA) is 120 Å². The molecule has 1 aromatic rings. The van der Waals surface area contributed by atoms with Crippen LogP contribution in [0.25, 0.3) is 0 Å². The van der Waals surface area contributed by atoms with E-state index in [0.717, 1.165) is 24.4 Å². The molecule has 31 heavy (non-hydrogen) atoms. The number of nitrogens with zero attached hydrogens (tertiary/aromatic N) is 3. The fraction of sp³-hybridized carbons (Fsp3) is 0.591. The van der Waals surface area contributed by atoms with Gasteiger partial charge >= 0.3 is 6.09 Å². The molecule has 0 radical (unpaired) electrons. The van der Waals surface area contributed by atoms with Crippen molar-refractivity contribution >= 4 is 23.5 Å². The van der Waals surface area contributed by atoms with Crippen LogP contribution in [0, 0.1) is 11.3 Å². The van der Waals surface area contributed by atoms with E-state index in [1.54, 1.807) is 0 Å². The fourth-order valence-electron chi connectivity index (χ4n) is 4.72. The lowest BCUT2D eigenvalue weighted by Gasteiger charge is -2.48. The largest absolute Gasteiger partial charge is 0.494 e. The number of nitrogens with one attached hydrogen (secondary N) is 1. The van der Waals surface area contributed by atoms with Gasteiger partial charge in [0.25, 0.3) is 0 Å². The molecule has 4 rings (SSSR count). The second-order valence-corrected chi connectivity index (χ2v) is 8.92. The Bertz CT molecular complexity index is 824. The number of fused-ring (bicyclic) bond motifs is 4. The first-order valence-electron chi connectivity index (χ1n) is 10.7. The minimum atomic E-state index is -1.18. The SMILES string of the molecule is CCOc1ccc(N2C[C@H]3CN(C(=O)CN=C(N)CNC(=O)O)C[C@@H]2C(C)(C)C3)cc1. The van der Waals surface area contributed by atoms with Gasteiger partial charge in [0, 0.05) is 25.3 Å². The van der Waals surface area contributed by atoms with Crippen molar-refractivity contribution in [3.05, 3.63) is 24.3 Å². The van der Waals surface area contributed by atoms with E-state index in [2.05, 4.69) is 41.2 Å². The smallest absolute Gasteiger partial charge is 0.405 e. The predicted octanol–water partition coefficient (Wildman–Crippen LogP) is 1.77. The lowest BCUT2D eigenvalue weighted by molar-refractivity contribution is -0.129. The average Bonchev–Trinajstić information content (AvgIpc) is 2.98. The summed E-state index contributed by atoms with van der Waals surface area (Å²) in [5.41, 5.74) is 6.91. The van der Waals surface area contributed by atoms with Gasteiger partial charge in [0.1, 0.15) is 18.1 Å². The van der Waals surface area contributed by atoms with Crippen molar-refractivity contribution in [2.24, 2.45) is 22.1 Å². The van der Waals surface area contributed by atoms with Gasteiger partial charge in [0.2, 0.25) is 5.91 Å². The highest BCUT2D eigenvalue weighted by atomic mass is 16.5. The van der Waals surface area contributed by atoms with E-state index in [4.69, 9.17) is 15.6 Å². The van der Waals surface area contributed by atoms with Crippen LogP contribution in [0.2, 0.25) is 0 Å². The molecule has 0 saturated carbocycles. The van der Waals surface area contributed by atoms with Crippen molar-refractivity contribution in [2.75, 3.05) is 44.2 Å². The summed E-state index contributed by atoms with van der Waals surface area (Å²) in [4.78, 5) is 31.8. The summed E-state index contributed by atoms with van der Waals surface area (Å²) in [7, 11) is 0. The Morgan fingerprint density at radius 2 is 1.97 bits per heavy atom. The van der Waals surface area contributed by atoms with E-state index >= 15 is 0 Å². The van der Waals surface area contributed by atoms with Crippen molar-refractivity contribution in [3.8, 4) is 5.75 Å². The van der Waals surface area contributed by atoms with E-state index in [0.29, 0.717) is 25.6 Å². The van der Waals surface area contributed by atoms with Crippen LogP contribution in [0.5, 0.6) is 5.75 Å². The third-order valence-corrected chi connectivity index (χ3v) is 6.09. The highest BCUT2D eigenvalue weighted by molar-refractivity contribution is 5.88. The van der Waals surface area contributed by atoms with Crippen molar-refractivity contribution in [1.29, 1.82) is 0 Å². The molecule has 0 spiro atoms. The molecule has 2 atom stereocenters. The number of nitrogens with two attached hydrogens (primary N) is 1. The number of amides is 2. The minimum Gasteiger partial charge on any atom is -0.494 e. The number of hydrogen-bond donors (Lipinski definition) is 3. The predicted molar refractivity (Wildman–Crippen MR) is 120 cm³/mol. The number of piperidine rings is 1. The maximum absolute atomic E-state index is 12.9. The van der Waals surface area contributed by atoms with Crippen LogP contribution in [0.3, 0.4) is 0 Å². The van der Waals surface area contributed by atoms with E-state index in [1.165, 1.54) is 0 Å². The number of rotatable bonds is 7. The molecule has 0 aromatic heterocycles. The second kappa shape index (κ2) is 9.45. The molecule has 0 unspecified atom stereocenters. The monoisotopic (exact) mass is 431 g/mol. The Morgan fingerprint density at radius 3 is 2.61 bits per heavy atom. The fourth-order valence-corrected chi connectivity index (χ4v) is 4.72. The molecule has 0 aliphatic carbocycles. The summed E-state index contributed by atoms with van der Waals surface area (Å²) in [6, 6.07) is 8.36. The first kappa shape index (κ1) is 22.7. The summed E-state index contributed by atoms with van der Waals surface area (Å²) in [5.74, 6) is 1.24. The highest BCUT2D eigenvalue weighted by Gasteiger charge is 2.46. The Kier molecular flexibility index (Phi) is 6.92. The van der Waals surface area contributed by atoms with Crippen LogP contribution in [0.1, 0.15) is 27.2 Å². The Hall–Kier alpha value is -2.97. The van der Waals surface area contributed by atoms with Crippen LogP contribution < -0.4 is 20.7 Å². The summed E-state index contributed by atoms with van der Waals surface area (Å²) in [6.07, 6.45) is -0.117. The maximum atomic E-state index is 12.9. The van der Waals surface area contributed by atoms with Gasteiger partial charge in [-0.2, -0.15) is 0 Å². The van der Waals surface area contributed by atoms with Crippen LogP contribution in [-0.4, -0.2) is 73.2 Å². The second-order valence-electron chi connectivity index (χ2n) is 8.92. The molecule has 9 heteroatoms. The zero-order valence-corrected chi connectivity index (χ0v) is 18.5. The van der Waals surface area contributed by atoms with Crippen molar-refractivity contribution in [3.63, 3.8) is 0 Å². The lowest BCUT2D eigenvalue weighted by atomic mass is 9.73. The number of hydrogen-bond acceptors (Lipinski definition) is 5. The summed E-state index contributed by atoms with van der Waals surface area (Å²) >= 11 is 0. The van der Waals surface area contributed by atoms with E-state index in [-0.39, 0.29) is 36.3 Å². The van der Waals surface area contributed by atoms with Gasteiger partial charge < -0.3 is 30.7 Å². The highest BCUT2D eigenvalue weighted by Crippen LogP contribution is 2.43. The maximum Gasteiger partial charge on any atom is 0.405 e.